The lowest BCUT2D eigenvalue weighted by Gasteiger charge is -2.08. The molecule has 1 aromatic carbocycles. The summed E-state index contributed by atoms with van der Waals surface area (Å²) in [4.78, 5) is 0. The number of nitrogens with zero attached hydrogens (tertiary/aromatic N) is 1. The van der Waals surface area contributed by atoms with E-state index in [2.05, 4.69) is 5.16 Å². The van der Waals surface area contributed by atoms with Gasteiger partial charge in [-0.25, -0.2) is 0 Å². The first-order valence-electron chi connectivity index (χ1n) is 5.42. The predicted molar refractivity (Wildman–Crippen MR) is 71.4 cm³/mol. The van der Waals surface area contributed by atoms with Gasteiger partial charge >= 0.3 is 0 Å². The van der Waals surface area contributed by atoms with E-state index in [-0.39, 0.29) is 12.4 Å². The molecule has 0 spiro atoms. The van der Waals surface area contributed by atoms with Gasteiger partial charge in [0.15, 0.2) is 5.84 Å². The van der Waals surface area contributed by atoms with Crippen molar-refractivity contribution in [1.82, 2.24) is 0 Å². The third-order valence-corrected chi connectivity index (χ3v) is 3.66. The van der Waals surface area contributed by atoms with Crippen LogP contribution in [-0.4, -0.2) is 28.5 Å². The first kappa shape index (κ1) is 13.9. The Hall–Kier alpha value is -1.20. The van der Waals surface area contributed by atoms with Crippen LogP contribution in [0.2, 0.25) is 0 Å². The van der Waals surface area contributed by atoms with Gasteiger partial charge in [-0.2, -0.15) is 11.8 Å². The van der Waals surface area contributed by atoms with Gasteiger partial charge < -0.3 is 16.0 Å². The molecule has 0 aromatic heterocycles. The van der Waals surface area contributed by atoms with E-state index < -0.39 is 0 Å². The molecule has 0 radical (unpaired) electrons. The highest BCUT2D eigenvalue weighted by molar-refractivity contribution is 7.98. The fourth-order valence-corrected chi connectivity index (χ4v) is 2.35. The molecule has 4 N–H and O–H groups in total. The van der Waals surface area contributed by atoms with Crippen LogP contribution >= 0.6 is 11.8 Å². The number of thioether (sulfide) groups is 1. The minimum atomic E-state index is 0.126. The highest BCUT2D eigenvalue weighted by Crippen LogP contribution is 2.16. The third kappa shape index (κ3) is 4.66. The Bertz CT molecular complexity index is 383. The molecule has 5 heteroatoms. The summed E-state index contributed by atoms with van der Waals surface area (Å²) < 4.78 is 0. The van der Waals surface area contributed by atoms with Crippen molar-refractivity contribution in [1.29, 1.82) is 0 Å². The van der Waals surface area contributed by atoms with Crippen LogP contribution in [0.15, 0.2) is 29.4 Å². The zero-order chi connectivity index (χ0) is 12.7. The molecular weight excluding hydrogens is 236 g/mol. The molecule has 0 bridgehead atoms. The fourth-order valence-electron chi connectivity index (χ4n) is 1.31. The maximum absolute atomic E-state index is 8.91. The molecular formula is C12H18N2O2S. The third-order valence-electron chi connectivity index (χ3n) is 2.31. The molecule has 0 aliphatic rings. The van der Waals surface area contributed by atoms with Gasteiger partial charge in [-0.05, 0) is 23.3 Å². The number of oxime groups is 1. The molecule has 0 heterocycles. The van der Waals surface area contributed by atoms with Crippen molar-refractivity contribution in [3.05, 3.63) is 35.4 Å². The van der Waals surface area contributed by atoms with Crippen LogP contribution in [0.1, 0.15) is 18.1 Å². The van der Waals surface area contributed by atoms with Crippen molar-refractivity contribution in [2.75, 3.05) is 12.4 Å². The smallest absolute Gasteiger partial charge is 0.170 e. The predicted octanol–water partition coefficient (Wildman–Crippen LogP) is 1.64. The van der Waals surface area contributed by atoms with Gasteiger partial charge in [0.1, 0.15) is 0 Å². The lowest BCUT2D eigenvalue weighted by Crippen LogP contribution is -2.13. The van der Waals surface area contributed by atoms with Crippen LogP contribution in [0, 0.1) is 5.92 Å². The molecule has 0 aliphatic heterocycles. The Morgan fingerprint density at radius 1 is 1.53 bits per heavy atom. The second-order valence-corrected chi connectivity index (χ2v) is 5.02. The molecule has 1 rings (SSSR count). The van der Waals surface area contributed by atoms with E-state index in [1.807, 2.05) is 25.1 Å². The SMILES string of the molecule is CC(CO)CSCc1cccc(C(N)=NO)c1. The Balaban J connectivity index is 2.54. The molecule has 0 aliphatic carbocycles. The molecule has 4 nitrogen and oxygen atoms in total. The minimum Gasteiger partial charge on any atom is -0.409 e. The van der Waals surface area contributed by atoms with Crippen LogP contribution in [0.5, 0.6) is 0 Å². The lowest BCUT2D eigenvalue weighted by molar-refractivity contribution is 0.250. The molecule has 94 valence electrons. The van der Waals surface area contributed by atoms with Crippen LogP contribution < -0.4 is 5.73 Å². The van der Waals surface area contributed by atoms with E-state index in [4.69, 9.17) is 16.0 Å². The number of nitrogens with two attached hydrogens (primary N) is 1. The molecule has 0 fully saturated rings. The van der Waals surface area contributed by atoms with Gasteiger partial charge in [0.2, 0.25) is 0 Å². The van der Waals surface area contributed by atoms with Crippen LogP contribution in [0.25, 0.3) is 0 Å². The monoisotopic (exact) mass is 254 g/mol. The van der Waals surface area contributed by atoms with E-state index >= 15 is 0 Å². The summed E-state index contributed by atoms with van der Waals surface area (Å²) >= 11 is 1.76. The number of rotatable bonds is 6. The molecule has 0 saturated heterocycles. The Labute approximate surface area is 106 Å². The van der Waals surface area contributed by atoms with E-state index in [1.54, 1.807) is 17.8 Å². The Morgan fingerprint density at radius 3 is 2.94 bits per heavy atom. The van der Waals surface area contributed by atoms with Gasteiger partial charge in [0.05, 0.1) is 0 Å². The van der Waals surface area contributed by atoms with Crippen LogP contribution in [0.4, 0.5) is 0 Å². The topological polar surface area (TPSA) is 78.8 Å². The normalized spacial score (nSPS) is 13.6. The van der Waals surface area contributed by atoms with E-state index in [9.17, 15) is 0 Å². The largest absolute Gasteiger partial charge is 0.409 e. The average Bonchev–Trinajstić information content (AvgIpc) is 2.38. The second-order valence-electron chi connectivity index (χ2n) is 3.99. The molecule has 0 saturated carbocycles. The first-order chi connectivity index (χ1) is 8.17. The number of amidine groups is 1. The molecule has 1 unspecified atom stereocenters. The second kappa shape index (κ2) is 7.19. The summed E-state index contributed by atoms with van der Waals surface area (Å²) in [6.07, 6.45) is 0. The summed E-state index contributed by atoms with van der Waals surface area (Å²) in [6, 6.07) is 7.61. The minimum absolute atomic E-state index is 0.126. The van der Waals surface area contributed by atoms with E-state index in [0.29, 0.717) is 5.92 Å². The van der Waals surface area contributed by atoms with E-state index in [0.717, 1.165) is 22.6 Å². The zero-order valence-electron chi connectivity index (χ0n) is 9.84. The van der Waals surface area contributed by atoms with Gasteiger partial charge in [0, 0.05) is 17.9 Å². The highest BCUT2D eigenvalue weighted by Gasteiger charge is 2.03. The van der Waals surface area contributed by atoms with Crippen LogP contribution in [0.3, 0.4) is 0 Å². The standard InChI is InChI=1S/C12H18N2O2S/c1-9(6-15)7-17-8-10-3-2-4-11(5-10)12(13)14-16/h2-5,9,15-16H,6-8H2,1H3,(H2,13,14). The van der Waals surface area contributed by atoms with Crippen LogP contribution in [-0.2, 0) is 5.75 Å². The van der Waals surface area contributed by atoms with Crippen molar-refractivity contribution in [3.8, 4) is 0 Å². The van der Waals surface area contributed by atoms with Gasteiger partial charge in [-0.3, -0.25) is 0 Å². The number of hydrogen-bond acceptors (Lipinski definition) is 4. The van der Waals surface area contributed by atoms with Crippen molar-refractivity contribution < 1.29 is 10.3 Å². The van der Waals surface area contributed by atoms with Crippen molar-refractivity contribution >= 4 is 17.6 Å². The number of benzene rings is 1. The quantitative estimate of drug-likeness (QED) is 0.312. The summed E-state index contributed by atoms with van der Waals surface area (Å²) in [5, 5.41) is 20.5. The summed E-state index contributed by atoms with van der Waals surface area (Å²) in [7, 11) is 0. The van der Waals surface area contributed by atoms with E-state index in [1.165, 1.54) is 0 Å². The zero-order valence-corrected chi connectivity index (χ0v) is 10.7. The number of aliphatic hydroxyl groups excluding tert-OH is 1. The van der Waals surface area contributed by atoms with Gasteiger partial charge in [0.25, 0.3) is 0 Å². The Kier molecular flexibility index (Phi) is 5.86. The lowest BCUT2D eigenvalue weighted by atomic mass is 10.1. The van der Waals surface area contributed by atoms with Gasteiger partial charge in [-0.15, -0.1) is 0 Å². The summed E-state index contributed by atoms with van der Waals surface area (Å²) in [5.41, 5.74) is 7.37. The summed E-state index contributed by atoms with van der Waals surface area (Å²) in [6.45, 7) is 2.23. The molecule has 1 atom stereocenters. The van der Waals surface area contributed by atoms with Gasteiger partial charge in [-0.1, -0.05) is 30.3 Å². The highest BCUT2D eigenvalue weighted by atomic mass is 32.2. The number of hydrogen-bond donors (Lipinski definition) is 3. The first-order valence-corrected chi connectivity index (χ1v) is 6.58. The maximum Gasteiger partial charge on any atom is 0.170 e. The van der Waals surface area contributed by atoms with Crippen molar-refractivity contribution in [2.24, 2.45) is 16.8 Å². The molecule has 0 amide bonds. The number of aliphatic hydroxyl groups is 1. The van der Waals surface area contributed by atoms with Crippen molar-refractivity contribution in [3.63, 3.8) is 0 Å². The van der Waals surface area contributed by atoms with Crippen molar-refractivity contribution in [2.45, 2.75) is 12.7 Å². The Morgan fingerprint density at radius 2 is 2.29 bits per heavy atom. The molecule has 1 aromatic rings. The maximum atomic E-state index is 8.91. The molecule has 17 heavy (non-hydrogen) atoms. The summed E-state index contributed by atoms with van der Waals surface area (Å²) in [5.74, 6) is 2.22. The fraction of sp³-hybridized carbons (Fsp3) is 0.417. The average molecular weight is 254 g/mol.